The van der Waals surface area contributed by atoms with E-state index in [1.807, 2.05) is 6.07 Å². The molecule has 1 aromatic carbocycles. The molecule has 3 aliphatic heterocycles. The van der Waals surface area contributed by atoms with Gasteiger partial charge in [0.2, 0.25) is 10.0 Å². The van der Waals surface area contributed by atoms with Gasteiger partial charge in [0.15, 0.2) is 0 Å². The number of piperidine rings is 1. The smallest absolute Gasteiger partial charge is 0.367 e. The lowest BCUT2D eigenvalue weighted by Gasteiger charge is -2.43. The van der Waals surface area contributed by atoms with Crippen LogP contribution in [0.15, 0.2) is 24.3 Å². The number of thiophene rings is 1. The van der Waals surface area contributed by atoms with Crippen molar-refractivity contribution in [1.82, 2.24) is 28.6 Å². The van der Waals surface area contributed by atoms with Gasteiger partial charge in [0, 0.05) is 79.2 Å². The molecule has 6 heterocycles. The minimum Gasteiger partial charge on any atom is -0.367 e. The van der Waals surface area contributed by atoms with Crippen molar-refractivity contribution in [3.63, 3.8) is 0 Å². The highest BCUT2D eigenvalue weighted by Crippen LogP contribution is 2.36. The van der Waals surface area contributed by atoms with Crippen LogP contribution in [0.4, 0.5) is 19.0 Å². The van der Waals surface area contributed by atoms with Crippen LogP contribution in [-0.4, -0.2) is 99.8 Å². The van der Waals surface area contributed by atoms with Crippen LogP contribution in [0.3, 0.4) is 0 Å². The highest BCUT2D eigenvalue weighted by Gasteiger charge is 2.44. The number of aromatic nitrogens is 3. The maximum Gasteiger partial charge on any atom is 0.393 e. The number of sulfonamides is 1. The van der Waals surface area contributed by atoms with E-state index in [2.05, 4.69) is 61.7 Å². The van der Waals surface area contributed by atoms with Crippen LogP contribution >= 0.6 is 11.3 Å². The number of alkyl halides is 3. The average molecular weight is 729 g/mol. The molecular formula is C35H43F3N8O2S2. The molecule has 1 N–H and O–H groups in total. The number of nitrogens with zero attached hydrogens (tertiary/aromatic N) is 7. The molecule has 3 atom stereocenters. The number of aryl methyl sites for hydroxylation is 2. The van der Waals surface area contributed by atoms with Gasteiger partial charge in [-0.2, -0.15) is 22.7 Å². The maximum absolute atomic E-state index is 13.0. The fourth-order valence-corrected chi connectivity index (χ4v) is 10.4. The van der Waals surface area contributed by atoms with Crippen molar-refractivity contribution in [2.24, 2.45) is 0 Å². The summed E-state index contributed by atoms with van der Waals surface area (Å²) in [6, 6.07) is 11.0. The van der Waals surface area contributed by atoms with E-state index in [0.29, 0.717) is 47.2 Å². The number of likely N-dealkylation sites (tertiary alicyclic amines) is 1. The van der Waals surface area contributed by atoms with Crippen molar-refractivity contribution in [1.29, 1.82) is 5.26 Å². The van der Waals surface area contributed by atoms with Crippen molar-refractivity contribution in [2.75, 3.05) is 37.8 Å². The standard InChI is InChI=1S/C35H43F3N8O2S2/c1-21(46-26-6-7-27(46)20-44(19-26)50(4,47)48)17-45-28(16-39)13-30-22(2)24(5-8-32(30)45)18-43-11-9-25(10-12-43)42-33-31-14-29(15-35(36,37)38)49-34(31)41-23(3)40-33/h5,8,13-14,21,25-27H,6-7,9-12,15,17-20H2,1-4H3,(H,40,41,42)/t21-,26?,27?/m0/s1. The topological polar surface area (TPSA) is 110 Å². The fraction of sp³-hybridized carbons (Fsp3) is 0.571. The minimum atomic E-state index is -4.27. The first-order valence-corrected chi connectivity index (χ1v) is 19.9. The molecule has 0 spiro atoms. The summed E-state index contributed by atoms with van der Waals surface area (Å²) in [7, 11) is -3.22. The van der Waals surface area contributed by atoms with Crippen molar-refractivity contribution in [2.45, 2.75) is 96.3 Å². The summed E-state index contributed by atoms with van der Waals surface area (Å²) in [5.41, 5.74) is 4.06. The summed E-state index contributed by atoms with van der Waals surface area (Å²) < 4.78 is 67.4. The first kappa shape index (κ1) is 35.1. The molecule has 10 nitrogen and oxygen atoms in total. The summed E-state index contributed by atoms with van der Waals surface area (Å²) >= 11 is 1.07. The number of anilines is 1. The second-order valence-corrected chi connectivity index (χ2v) is 17.4. The summed E-state index contributed by atoms with van der Waals surface area (Å²) in [6.45, 7) is 10.3. The van der Waals surface area contributed by atoms with E-state index >= 15 is 0 Å². The Morgan fingerprint density at radius 3 is 2.40 bits per heavy atom. The van der Waals surface area contributed by atoms with Gasteiger partial charge in [-0.15, -0.1) is 11.3 Å². The Bertz CT molecular complexity index is 2050. The third-order valence-corrected chi connectivity index (χ3v) is 13.0. The van der Waals surface area contributed by atoms with E-state index in [4.69, 9.17) is 0 Å². The Labute approximate surface area is 294 Å². The number of nitrogens with one attached hydrogen (secondary N) is 1. The van der Waals surface area contributed by atoms with E-state index in [0.717, 1.165) is 67.6 Å². The van der Waals surface area contributed by atoms with Crippen molar-refractivity contribution >= 4 is 48.3 Å². The molecule has 2 unspecified atom stereocenters. The van der Waals surface area contributed by atoms with Gasteiger partial charge in [-0.25, -0.2) is 18.4 Å². The SMILES string of the molecule is Cc1nc(NC2CCN(Cc3ccc4c(cc(C#N)n4C[C@H](C)N4C5CCC4CN(S(C)(=O)=O)C5)c3C)CC2)c2cc(CC(F)(F)F)sc2n1. The van der Waals surface area contributed by atoms with Crippen LogP contribution in [-0.2, 0) is 29.5 Å². The molecule has 0 amide bonds. The van der Waals surface area contributed by atoms with Gasteiger partial charge in [0.25, 0.3) is 0 Å². The average Bonchev–Trinajstić information content (AvgIpc) is 3.68. The van der Waals surface area contributed by atoms with Gasteiger partial charge in [0.1, 0.15) is 28.2 Å². The van der Waals surface area contributed by atoms with Crippen LogP contribution < -0.4 is 5.32 Å². The number of fused-ring (bicyclic) bond motifs is 4. The Hall–Kier alpha value is -3.29. The Balaban J connectivity index is 1.01. The molecule has 268 valence electrons. The number of piperazine rings is 1. The number of halogens is 3. The van der Waals surface area contributed by atoms with Gasteiger partial charge in [-0.1, -0.05) is 6.07 Å². The maximum atomic E-state index is 13.0. The largest absolute Gasteiger partial charge is 0.393 e. The second kappa shape index (κ2) is 13.4. The predicted molar refractivity (Wildman–Crippen MR) is 190 cm³/mol. The van der Waals surface area contributed by atoms with E-state index in [1.54, 1.807) is 17.3 Å². The van der Waals surface area contributed by atoms with Crippen molar-refractivity contribution < 1.29 is 21.6 Å². The molecule has 2 bridgehead atoms. The molecule has 3 aromatic heterocycles. The van der Waals surface area contributed by atoms with E-state index in [-0.39, 0.29) is 29.0 Å². The lowest BCUT2D eigenvalue weighted by molar-refractivity contribution is -0.126. The van der Waals surface area contributed by atoms with Crippen molar-refractivity contribution in [3.8, 4) is 6.07 Å². The number of hydrogen-bond acceptors (Lipinski definition) is 9. The van der Waals surface area contributed by atoms with Crippen LogP contribution in [0.1, 0.15) is 60.1 Å². The third-order valence-electron chi connectivity index (χ3n) is 10.8. The summed E-state index contributed by atoms with van der Waals surface area (Å²) in [6.07, 6.45) is -0.227. The predicted octanol–water partition coefficient (Wildman–Crippen LogP) is 5.81. The second-order valence-electron chi connectivity index (χ2n) is 14.3. The number of nitriles is 1. The van der Waals surface area contributed by atoms with Crippen LogP contribution in [0.25, 0.3) is 21.1 Å². The Kier molecular flexibility index (Phi) is 9.38. The highest BCUT2D eigenvalue weighted by molar-refractivity contribution is 7.88. The van der Waals surface area contributed by atoms with Gasteiger partial charge in [-0.3, -0.25) is 9.80 Å². The molecule has 0 radical (unpaired) electrons. The van der Waals surface area contributed by atoms with E-state index in [1.165, 1.54) is 17.4 Å². The molecule has 50 heavy (non-hydrogen) atoms. The first-order chi connectivity index (χ1) is 23.7. The van der Waals surface area contributed by atoms with Crippen LogP contribution in [0, 0.1) is 25.2 Å². The Morgan fingerprint density at radius 1 is 1.06 bits per heavy atom. The molecule has 4 aromatic rings. The summed E-state index contributed by atoms with van der Waals surface area (Å²) in [4.78, 5) is 14.7. The molecule has 0 saturated carbocycles. The lowest BCUT2D eigenvalue weighted by atomic mass is 10.0. The summed E-state index contributed by atoms with van der Waals surface area (Å²) in [5, 5.41) is 15.4. The van der Waals surface area contributed by atoms with Crippen LogP contribution in [0.5, 0.6) is 0 Å². The van der Waals surface area contributed by atoms with Gasteiger partial charge in [0.05, 0.1) is 18.1 Å². The third kappa shape index (κ3) is 7.10. The molecule has 3 aliphatic rings. The molecule has 0 aliphatic carbocycles. The van der Waals surface area contributed by atoms with E-state index < -0.39 is 22.6 Å². The van der Waals surface area contributed by atoms with E-state index in [9.17, 15) is 26.9 Å². The zero-order chi connectivity index (χ0) is 35.5. The zero-order valence-electron chi connectivity index (χ0n) is 28.8. The van der Waals surface area contributed by atoms with Gasteiger partial charge >= 0.3 is 6.18 Å². The number of benzene rings is 1. The minimum absolute atomic E-state index is 0.149. The molecule has 3 fully saturated rings. The quantitative estimate of drug-likeness (QED) is 0.230. The van der Waals surface area contributed by atoms with Gasteiger partial charge in [-0.05, 0) is 75.8 Å². The summed E-state index contributed by atoms with van der Waals surface area (Å²) in [5.74, 6) is 1.14. The molecule has 15 heteroatoms. The lowest BCUT2D eigenvalue weighted by Crippen LogP contribution is -2.58. The zero-order valence-corrected chi connectivity index (χ0v) is 30.4. The molecule has 3 saturated heterocycles. The Morgan fingerprint density at radius 2 is 1.76 bits per heavy atom. The van der Waals surface area contributed by atoms with Crippen molar-refractivity contribution in [3.05, 3.63) is 51.8 Å². The highest BCUT2D eigenvalue weighted by atomic mass is 32.2. The number of hydrogen-bond donors (Lipinski definition) is 1. The van der Waals surface area contributed by atoms with Crippen LogP contribution in [0.2, 0.25) is 0 Å². The number of rotatable bonds is 9. The van der Waals surface area contributed by atoms with Gasteiger partial charge < -0.3 is 9.88 Å². The normalized spacial score (nSPS) is 22.0. The fourth-order valence-electron chi connectivity index (χ4n) is 8.37. The monoisotopic (exact) mass is 728 g/mol. The molecular weight excluding hydrogens is 686 g/mol. The first-order valence-electron chi connectivity index (χ1n) is 17.2. The molecule has 7 rings (SSSR count).